The maximum absolute atomic E-state index is 14.0. The van der Waals surface area contributed by atoms with E-state index in [0.29, 0.717) is 13.1 Å². The molecule has 9 heteroatoms. The number of alkyl halides is 3. The molecule has 2 atom stereocenters. The average molecular weight is 515 g/mol. The van der Waals surface area contributed by atoms with Crippen molar-refractivity contribution in [3.8, 4) is 0 Å². The number of benzene rings is 1. The predicted molar refractivity (Wildman–Crippen MR) is 136 cm³/mol. The van der Waals surface area contributed by atoms with E-state index in [9.17, 15) is 22.8 Å². The fourth-order valence-corrected chi connectivity index (χ4v) is 5.56. The Morgan fingerprint density at radius 3 is 2.68 bits per heavy atom. The summed E-state index contributed by atoms with van der Waals surface area (Å²) >= 11 is 0. The highest BCUT2D eigenvalue weighted by Crippen LogP contribution is 2.37. The summed E-state index contributed by atoms with van der Waals surface area (Å²) in [5.41, 5.74) is 2.66. The second-order valence-corrected chi connectivity index (χ2v) is 10.4. The van der Waals surface area contributed by atoms with Crippen molar-refractivity contribution in [2.45, 2.75) is 63.3 Å². The highest BCUT2D eigenvalue weighted by atomic mass is 19.4. The van der Waals surface area contributed by atoms with E-state index < -0.39 is 12.6 Å². The Morgan fingerprint density at radius 2 is 1.95 bits per heavy atom. The smallest absolute Gasteiger partial charge is 0.347 e. The summed E-state index contributed by atoms with van der Waals surface area (Å²) in [6.45, 7) is 2.05. The van der Waals surface area contributed by atoms with Crippen molar-refractivity contribution in [3.05, 3.63) is 70.3 Å². The van der Waals surface area contributed by atoms with Gasteiger partial charge in [0.2, 0.25) is 5.91 Å². The topological polar surface area (TPSA) is 59.3 Å². The molecule has 1 N–H and O–H groups in total. The molecule has 3 aromatic rings. The third kappa shape index (κ3) is 5.76. The van der Waals surface area contributed by atoms with Gasteiger partial charge >= 0.3 is 6.18 Å². The standard InChI is InChI=1S/C28H33F3N4O2/c1-33-14-10-19(15-26(33)36)22-9-12-32-16-24(22)27(37)35(21-7-8-21)18-20-17-34(13-4-11-28(29,30)31)25-6-3-2-5-23(20)25/h2-3,5-6,10,14-15,17,21-22,24,32H,4,7-9,11-13,16,18H2,1H3/t22-,24+/m1/s1. The molecule has 1 aromatic carbocycles. The molecule has 6 nitrogen and oxygen atoms in total. The Balaban J connectivity index is 1.40. The Kier molecular flexibility index (Phi) is 7.16. The molecule has 0 radical (unpaired) electrons. The molecule has 1 saturated heterocycles. The molecular weight excluding hydrogens is 481 g/mol. The zero-order valence-corrected chi connectivity index (χ0v) is 21.0. The molecule has 1 saturated carbocycles. The SMILES string of the molecule is Cn1ccc([C@H]2CCNC[C@@H]2C(=O)N(Cc2cn(CCCC(F)(F)F)c3ccccc23)C2CC2)cc1=O. The van der Waals surface area contributed by atoms with E-state index in [4.69, 9.17) is 0 Å². The summed E-state index contributed by atoms with van der Waals surface area (Å²) in [5, 5.41) is 4.33. The lowest BCUT2D eigenvalue weighted by Crippen LogP contribution is -2.47. The lowest BCUT2D eigenvalue weighted by Gasteiger charge is -2.35. The Bertz CT molecular complexity index is 1320. The van der Waals surface area contributed by atoms with Gasteiger partial charge in [-0.25, -0.2) is 0 Å². The van der Waals surface area contributed by atoms with E-state index in [-0.39, 0.29) is 42.3 Å². The fourth-order valence-electron chi connectivity index (χ4n) is 5.56. The number of piperidine rings is 1. The van der Waals surface area contributed by atoms with Crippen LogP contribution in [-0.4, -0.2) is 45.2 Å². The Labute approximate surface area is 214 Å². The summed E-state index contributed by atoms with van der Waals surface area (Å²) < 4.78 is 41.6. The number of para-hydroxylation sites is 1. The normalized spacial score (nSPS) is 20.3. The number of amides is 1. The van der Waals surface area contributed by atoms with Crippen molar-refractivity contribution in [1.29, 1.82) is 0 Å². The van der Waals surface area contributed by atoms with E-state index in [1.165, 1.54) is 4.57 Å². The molecule has 1 aliphatic heterocycles. The number of nitrogens with one attached hydrogen (secondary N) is 1. The Hall–Kier alpha value is -3.07. The highest BCUT2D eigenvalue weighted by Gasteiger charge is 2.40. The van der Waals surface area contributed by atoms with Gasteiger partial charge in [0.25, 0.3) is 5.56 Å². The van der Waals surface area contributed by atoms with Crippen molar-refractivity contribution in [2.24, 2.45) is 13.0 Å². The van der Waals surface area contributed by atoms with Crippen LogP contribution in [0.2, 0.25) is 0 Å². The first-order chi connectivity index (χ1) is 17.7. The number of aryl methyl sites for hydroxylation is 2. The number of aromatic nitrogens is 2. The van der Waals surface area contributed by atoms with Gasteiger partial charge in [0.05, 0.1) is 5.92 Å². The molecule has 5 rings (SSSR count). The van der Waals surface area contributed by atoms with Crippen LogP contribution in [0.25, 0.3) is 10.9 Å². The van der Waals surface area contributed by atoms with Crippen molar-refractivity contribution >= 4 is 16.8 Å². The van der Waals surface area contributed by atoms with Crippen LogP contribution in [0.1, 0.15) is 49.1 Å². The van der Waals surface area contributed by atoms with Gasteiger partial charge in [-0.3, -0.25) is 9.59 Å². The third-order valence-electron chi connectivity index (χ3n) is 7.70. The van der Waals surface area contributed by atoms with Crippen molar-refractivity contribution in [3.63, 3.8) is 0 Å². The number of nitrogens with zero attached hydrogens (tertiary/aromatic N) is 3. The fraction of sp³-hybridized carbons (Fsp3) is 0.500. The number of hydrogen-bond acceptors (Lipinski definition) is 3. The molecule has 0 spiro atoms. The molecule has 2 aromatic heterocycles. The highest BCUT2D eigenvalue weighted by molar-refractivity contribution is 5.85. The number of fused-ring (bicyclic) bond motifs is 1. The van der Waals surface area contributed by atoms with Gasteiger partial charge in [-0.05, 0) is 61.4 Å². The van der Waals surface area contributed by atoms with Crippen LogP contribution >= 0.6 is 0 Å². The largest absolute Gasteiger partial charge is 0.389 e. The lowest BCUT2D eigenvalue weighted by atomic mass is 9.80. The predicted octanol–water partition coefficient (Wildman–Crippen LogP) is 4.57. The first-order valence-electron chi connectivity index (χ1n) is 13.0. The van der Waals surface area contributed by atoms with Crippen molar-refractivity contribution in [2.75, 3.05) is 13.1 Å². The number of hydrogen-bond donors (Lipinski definition) is 1. The van der Waals surface area contributed by atoms with Crippen LogP contribution in [0.4, 0.5) is 13.2 Å². The average Bonchev–Trinajstić information content (AvgIpc) is 3.66. The van der Waals surface area contributed by atoms with Crippen LogP contribution in [0.5, 0.6) is 0 Å². The van der Waals surface area contributed by atoms with E-state index in [1.54, 1.807) is 19.3 Å². The van der Waals surface area contributed by atoms with E-state index in [0.717, 1.165) is 47.8 Å². The lowest BCUT2D eigenvalue weighted by molar-refractivity contribution is -0.138. The minimum absolute atomic E-state index is 0.0127. The molecule has 198 valence electrons. The maximum Gasteiger partial charge on any atom is 0.389 e. The van der Waals surface area contributed by atoms with Crippen molar-refractivity contribution < 1.29 is 18.0 Å². The third-order valence-corrected chi connectivity index (χ3v) is 7.70. The molecule has 2 aliphatic rings. The second-order valence-electron chi connectivity index (χ2n) is 10.4. The van der Waals surface area contributed by atoms with Gasteiger partial charge in [0.1, 0.15) is 0 Å². The summed E-state index contributed by atoms with van der Waals surface area (Å²) in [7, 11) is 1.71. The van der Waals surface area contributed by atoms with Gasteiger partial charge in [-0.1, -0.05) is 18.2 Å². The molecule has 1 aliphatic carbocycles. The van der Waals surface area contributed by atoms with Crippen molar-refractivity contribution in [1.82, 2.24) is 19.4 Å². The zero-order valence-electron chi connectivity index (χ0n) is 21.0. The Morgan fingerprint density at radius 1 is 1.16 bits per heavy atom. The molecular formula is C28H33F3N4O2. The molecule has 37 heavy (non-hydrogen) atoms. The van der Waals surface area contributed by atoms with Crippen LogP contribution < -0.4 is 10.9 Å². The first kappa shape index (κ1) is 25.6. The number of halogens is 3. The van der Waals surface area contributed by atoms with Crippen LogP contribution in [0, 0.1) is 5.92 Å². The van der Waals surface area contributed by atoms with E-state index >= 15 is 0 Å². The van der Waals surface area contributed by atoms with Gasteiger partial charge < -0.3 is 19.4 Å². The minimum atomic E-state index is -4.17. The molecule has 1 amide bonds. The van der Waals surface area contributed by atoms with Gasteiger partial charge in [-0.15, -0.1) is 0 Å². The number of carbonyl (C=O) groups excluding carboxylic acids is 1. The van der Waals surface area contributed by atoms with Gasteiger partial charge in [0.15, 0.2) is 0 Å². The molecule has 3 heterocycles. The van der Waals surface area contributed by atoms with Crippen LogP contribution in [-0.2, 0) is 24.9 Å². The second kappa shape index (κ2) is 10.4. The minimum Gasteiger partial charge on any atom is -0.347 e. The van der Waals surface area contributed by atoms with Gasteiger partial charge in [-0.2, -0.15) is 13.2 Å². The van der Waals surface area contributed by atoms with Crippen LogP contribution in [0.3, 0.4) is 0 Å². The monoisotopic (exact) mass is 514 g/mol. The number of rotatable bonds is 8. The molecule has 2 fully saturated rings. The van der Waals surface area contributed by atoms with E-state index in [2.05, 4.69) is 5.32 Å². The molecule has 0 unspecified atom stereocenters. The number of pyridine rings is 1. The van der Waals surface area contributed by atoms with E-state index in [1.807, 2.05) is 46.0 Å². The summed E-state index contributed by atoms with van der Waals surface area (Å²) in [5.74, 6) is -0.233. The summed E-state index contributed by atoms with van der Waals surface area (Å²) in [6, 6.07) is 11.5. The van der Waals surface area contributed by atoms with Crippen LogP contribution in [0.15, 0.2) is 53.6 Å². The maximum atomic E-state index is 14.0. The first-order valence-corrected chi connectivity index (χ1v) is 13.0. The summed E-state index contributed by atoms with van der Waals surface area (Å²) in [4.78, 5) is 28.3. The molecule has 0 bridgehead atoms. The summed E-state index contributed by atoms with van der Waals surface area (Å²) in [6.07, 6.45) is 1.38. The number of carbonyl (C=O) groups is 1. The van der Waals surface area contributed by atoms with Gasteiger partial charge in [0, 0.05) is 68.5 Å². The zero-order chi connectivity index (χ0) is 26.2. The quantitative estimate of drug-likeness (QED) is 0.479.